The van der Waals surface area contributed by atoms with Crippen molar-refractivity contribution in [2.75, 3.05) is 32.8 Å². The van der Waals surface area contributed by atoms with Gasteiger partial charge in [-0.05, 0) is 33.8 Å². The number of benzene rings is 1. The molecular weight excluding hydrogens is 436 g/mol. The maximum atomic E-state index is 12.7. The lowest BCUT2D eigenvalue weighted by Crippen LogP contribution is -2.49. The van der Waals surface area contributed by atoms with E-state index >= 15 is 0 Å². The number of piperazine rings is 1. The summed E-state index contributed by atoms with van der Waals surface area (Å²) in [6.07, 6.45) is 2.27. The van der Waals surface area contributed by atoms with E-state index in [0.29, 0.717) is 26.2 Å². The Morgan fingerprint density at radius 3 is 2.71 bits per heavy atom. The molecule has 1 aromatic carbocycles. The van der Waals surface area contributed by atoms with E-state index in [2.05, 4.69) is 26.6 Å². The molecule has 1 saturated heterocycles. The number of rotatable bonds is 5. The van der Waals surface area contributed by atoms with Gasteiger partial charge in [-0.15, -0.1) is 5.10 Å². The summed E-state index contributed by atoms with van der Waals surface area (Å²) in [5.74, 6) is 0.721. The normalized spacial score (nSPS) is 18.7. The molecule has 184 valence electrons. The summed E-state index contributed by atoms with van der Waals surface area (Å²) in [6, 6.07) is 5.97. The molecule has 0 spiro atoms. The smallest absolute Gasteiger partial charge is 0.410 e. The lowest BCUT2D eigenvalue weighted by atomic mass is 9.98. The molecule has 1 atom stereocenters. The van der Waals surface area contributed by atoms with Crippen LogP contribution < -0.4 is 10.1 Å². The number of fused-ring (bicyclic) bond motifs is 1. The summed E-state index contributed by atoms with van der Waals surface area (Å²) in [7, 11) is 0. The highest BCUT2D eigenvalue weighted by atomic mass is 16.6. The molecule has 1 fully saturated rings. The summed E-state index contributed by atoms with van der Waals surface area (Å²) < 4.78 is 12.7. The molecule has 1 aromatic heterocycles. The highest BCUT2D eigenvalue weighted by Gasteiger charge is 2.26. The van der Waals surface area contributed by atoms with Crippen molar-refractivity contribution >= 4 is 12.0 Å². The van der Waals surface area contributed by atoms with Crippen LogP contribution in [-0.2, 0) is 22.6 Å². The number of nitrogens with zero attached hydrogens (tertiary/aromatic N) is 5. The molecule has 3 heterocycles. The monoisotopic (exact) mass is 470 g/mol. The second kappa shape index (κ2) is 10.0. The van der Waals surface area contributed by atoms with Crippen molar-refractivity contribution in [2.45, 2.75) is 58.8 Å². The van der Waals surface area contributed by atoms with Crippen molar-refractivity contribution in [3.05, 3.63) is 41.2 Å². The van der Waals surface area contributed by atoms with Gasteiger partial charge in [-0.25, -0.2) is 9.48 Å². The molecule has 10 heteroatoms. The third kappa shape index (κ3) is 6.25. The van der Waals surface area contributed by atoms with Gasteiger partial charge in [0, 0.05) is 44.7 Å². The Bertz CT molecular complexity index is 1020. The third-order valence-corrected chi connectivity index (χ3v) is 5.84. The average molecular weight is 471 g/mol. The Morgan fingerprint density at radius 2 is 1.97 bits per heavy atom. The molecule has 1 N–H and O–H groups in total. The molecule has 34 heavy (non-hydrogen) atoms. The molecule has 2 aromatic rings. The first kappa shape index (κ1) is 24.0. The molecule has 2 amide bonds. The minimum absolute atomic E-state index is 0.0691. The maximum Gasteiger partial charge on any atom is 0.410 e. The van der Waals surface area contributed by atoms with Crippen molar-refractivity contribution in [2.24, 2.45) is 0 Å². The predicted molar refractivity (Wildman–Crippen MR) is 125 cm³/mol. The summed E-state index contributed by atoms with van der Waals surface area (Å²) in [5, 5.41) is 11.5. The van der Waals surface area contributed by atoms with E-state index in [4.69, 9.17) is 9.47 Å². The van der Waals surface area contributed by atoms with Crippen LogP contribution in [0.25, 0.3) is 0 Å². The fraction of sp³-hybridized carbons (Fsp3) is 0.583. The predicted octanol–water partition coefficient (Wildman–Crippen LogP) is 2.28. The minimum atomic E-state index is -0.494. The van der Waals surface area contributed by atoms with Crippen LogP contribution in [-0.4, -0.2) is 75.2 Å². The van der Waals surface area contributed by atoms with Crippen LogP contribution in [0.15, 0.2) is 24.4 Å². The number of carbonyl (C=O) groups excluding carboxylic acids is 2. The number of amides is 2. The zero-order valence-electron chi connectivity index (χ0n) is 20.4. The molecule has 2 aliphatic heterocycles. The lowest BCUT2D eigenvalue weighted by molar-refractivity contribution is -0.122. The molecule has 0 radical (unpaired) electrons. The molecule has 4 rings (SSSR count). The average Bonchev–Trinajstić information content (AvgIpc) is 3.20. The molecule has 1 unspecified atom stereocenters. The van der Waals surface area contributed by atoms with E-state index in [1.165, 1.54) is 0 Å². The number of ether oxygens (including phenoxy) is 2. The van der Waals surface area contributed by atoms with Gasteiger partial charge in [-0.2, -0.15) is 0 Å². The minimum Gasteiger partial charge on any atom is -0.493 e. The number of hydrogen-bond donors (Lipinski definition) is 1. The topological polar surface area (TPSA) is 102 Å². The van der Waals surface area contributed by atoms with Crippen LogP contribution in [0, 0.1) is 6.92 Å². The van der Waals surface area contributed by atoms with Crippen molar-refractivity contribution in [1.82, 2.24) is 30.1 Å². The Hall–Kier alpha value is -3.14. The fourth-order valence-corrected chi connectivity index (χ4v) is 4.18. The van der Waals surface area contributed by atoms with Crippen LogP contribution in [0.3, 0.4) is 0 Å². The molecule has 2 aliphatic rings. The molecular formula is C24H34N6O4. The van der Waals surface area contributed by atoms with E-state index in [1.807, 2.05) is 46.0 Å². The summed E-state index contributed by atoms with van der Waals surface area (Å²) in [4.78, 5) is 28.9. The van der Waals surface area contributed by atoms with Gasteiger partial charge in [-0.3, -0.25) is 9.69 Å². The number of aryl methyl sites for hydroxylation is 1. The second-order valence-corrected chi connectivity index (χ2v) is 9.95. The van der Waals surface area contributed by atoms with Gasteiger partial charge in [0.2, 0.25) is 5.91 Å². The zero-order valence-corrected chi connectivity index (χ0v) is 20.4. The first-order chi connectivity index (χ1) is 16.2. The number of nitrogens with one attached hydrogen (secondary N) is 1. The van der Waals surface area contributed by atoms with E-state index in [9.17, 15) is 9.59 Å². The van der Waals surface area contributed by atoms with Gasteiger partial charge in [0.15, 0.2) is 0 Å². The maximum absolute atomic E-state index is 12.7. The van der Waals surface area contributed by atoms with Gasteiger partial charge < -0.3 is 19.7 Å². The number of aromatic nitrogens is 3. The van der Waals surface area contributed by atoms with Crippen molar-refractivity contribution in [1.29, 1.82) is 0 Å². The van der Waals surface area contributed by atoms with E-state index in [-0.39, 0.29) is 24.6 Å². The third-order valence-electron chi connectivity index (χ3n) is 5.84. The van der Waals surface area contributed by atoms with Gasteiger partial charge in [0.05, 0.1) is 24.5 Å². The molecule has 10 nitrogen and oxygen atoms in total. The highest BCUT2D eigenvalue weighted by Crippen LogP contribution is 2.32. The van der Waals surface area contributed by atoms with E-state index < -0.39 is 5.60 Å². The number of carbonyl (C=O) groups is 2. The molecule has 0 aliphatic carbocycles. The lowest BCUT2D eigenvalue weighted by Gasteiger charge is -2.35. The van der Waals surface area contributed by atoms with E-state index in [1.54, 1.807) is 9.58 Å². The summed E-state index contributed by atoms with van der Waals surface area (Å²) in [5.41, 5.74) is 2.46. The van der Waals surface area contributed by atoms with Crippen molar-refractivity contribution in [3.8, 4) is 5.75 Å². The molecule has 0 saturated carbocycles. The van der Waals surface area contributed by atoms with E-state index in [0.717, 1.165) is 42.1 Å². The first-order valence-electron chi connectivity index (χ1n) is 11.8. The Balaban J connectivity index is 1.25. The van der Waals surface area contributed by atoms with Crippen LogP contribution in [0.5, 0.6) is 5.75 Å². The van der Waals surface area contributed by atoms with Crippen LogP contribution in [0.2, 0.25) is 0 Å². The van der Waals surface area contributed by atoms with Gasteiger partial charge in [0.1, 0.15) is 17.9 Å². The number of hydrogen-bond acceptors (Lipinski definition) is 7. The second-order valence-electron chi connectivity index (χ2n) is 9.95. The van der Waals surface area contributed by atoms with Crippen LogP contribution in [0.4, 0.5) is 4.79 Å². The van der Waals surface area contributed by atoms with Gasteiger partial charge >= 0.3 is 6.09 Å². The quantitative estimate of drug-likeness (QED) is 0.715. The zero-order chi connectivity index (χ0) is 24.3. The van der Waals surface area contributed by atoms with Crippen LogP contribution in [0.1, 0.15) is 50.1 Å². The van der Waals surface area contributed by atoms with Crippen molar-refractivity contribution < 1.29 is 19.1 Å². The first-order valence-corrected chi connectivity index (χ1v) is 11.8. The Morgan fingerprint density at radius 1 is 1.21 bits per heavy atom. The summed E-state index contributed by atoms with van der Waals surface area (Å²) >= 11 is 0. The standard InChI is InChI=1S/C24H34N6O4/c1-17-5-6-21-19(13-17)20(7-12-33-21)25-22(31)16-30-15-18(26-27-30)14-28-8-10-29(11-9-28)23(32)34-24(2,3)4/h5-6,13,15,20H,7-12,14,16H2,1-4H3,(H,25,31). The SMILES string of the molecule is Cc1ccc2c(c1)C(NC(=O)Cn1cc(CN3CCN(C(=O)OC(C)(C)C)CC3)nn1)CCO2. The molecule has 0 bridgehead atoms. The fourth-order valence-electron chi connectivity index (χ4n) is 4.18. The van der Waals surface area contributed by atoms with Gasteiger partial charge in [-0.1, -0.05) is 22.9 Å². The van der Waals surface area contributed by atoms with Crippen molar-refractivity contribution in [3.63, 3.8) is 0 Å². The Labute approximate surface area is 200 Å². The highest BCUT2D eigenvalue weighted by molar-refractivity contribution is 5.76. The van der Waals surface area contributed by atoms with Gasteiger partial charge in [0.25, 0.3) is 0 Å². The Kier molecular flexibility index (Phi) is 7.06. The van der Waals surface area contributed by atoms with Crippen LogP contribution >= 0.6 is 0 Å². The largest absolute Gasteiger partial charge is 0.493 e. The summed E-state index contributed by atoms with van der Waals surface area (Å²) in [6.45, 7) is 11.6.